The van der Waals surface area contributed by atoms with E-state index >= 15 is 0 Å². The van der Waals surface area contributed by atoms with Crippen molar-refractivity contribution < 1.29 is 67.9 Å². The highest BCUT2D eigenvalue weighted by atomic mass is 17.2. The number of hydrogen-bond acceptors (Lipinski definition) is 14. The molecule has 6 N–H and O–H groups in total. The number of guanidine groups is 1. The predicted molar refractivity (Wildman–Crippen MR) is 165 cm³/mol. The molecule has 0 spiro atoms. The Kier molecular flexibility index (Phi) is 10.4. The molecule has 4 heterocycles. The molecule has 4 aliphatic rings. The number of carboxylic acid groups (broad SMARTS) is 1. The number of carbonyl (C=O) groups excluding carboxylic acids is 1. The summed E-state index contributed by atoms with van der Waals surface area (Å²) in [6.45, 7) is 2.07. The van der Waals surface area contributed by atoms with Crippen LogP contribution in [0.4, 0.5) is 0 Å². The summed E-state index contributed by atoms with van der Waals surface area (Å²) in [7, 11) is 1.40. The van der Waals surface area contributed by atoms with Crippen LogP contribution in [0.2, 0.25) is 0 Å². The Balaban J connectivity index is 1.22. The van der Waals surface area contributed by atoms with Crippen molar-refractivity contribution in [2.24, 2.45) is 10.7 Å². The number of nitrogens with one attached hydrogen (secondary N) is 1. The normalized spacial score (nSPS) is 26.4. The highest BCUT2D eigenvalue weighted by molar-refractivity contribution is 5.90. The summed E-state index contributed by atoms with van der Waals surface area (Å²) < 4.78 is 34.3. The molecule has 0 radical (unpaired) electrons. The molecule has 0 saturated carbocycles. The first kappa shape index (κ1) is 34.3. The van der Waals surface area contributed by atoms with Crippen LogP contribution in [0.3, 0.4) is 0 Å². The SMILES string of the molecule is CCCCCc1cc(OO[C@H]2[C@@H](ONC(N)=NC)[C@H](O)[C@@H](COC(=O)CC(=O)O)O[C@H]2O)cc2c1OC[C@H]1c3cc4c(cc3O[C@H]21)OCO4. The molecular formula is C32H39N3O14. The molecule has 17 nitrogen and oxygen atoms in total. The van der Waals surface area contributed by atoms with Gasteiger partial charge in [0.1, 0.15) is 48.9 Å². The van der Waals surface area contributed by atoms with Gasteiger partial charge in [-0.2, -0.15) is 4.89 Å². The fourth-order valence-corrected chi connectivity index (χ4v) is 6.13. The molecule has 0 bridgehead atoms. The number of rotatable bonds is 13. The van der Waals surface area contributed by atoms with E-state index in [1.54, 1.807) is 12.1 Å². The molecule has 2 aromatic carbocycles. The minimum atomic E-state index is -1.77. The molecule has 1 fully saturated rings. The van der Waals surface area contributed by atoms with Gasteiger partial charge in [0.2, 0.25) is 12.8 Å². The number of carbonyl (C=O) groups is 2. The van der Waals surface area contributed by atoms with E-state index in [1.165, 1.54) is 7.05 Å². The lowest BCUT2D eigenvalue weighted by Gasteiger charge is -2.40. The number of nitrogens with two attached hydrogens (primary N) is 1. The molecule has 2 aromatic rings. The minimum Gasteiger partial charge on any atom is -0.492 e. The summed E-state index contributed by atoms with van der Waals surface area (Å²) >= 11 is 0. The van der Waals surface area contributed by atoms with E-state index in [0.29, 0.717) is 36.0 Å². The van der Waals surface area contributed by atoms with Crippen LogP contribution < -0.4 is 35.0 Å². The summed E-state index contributed by atoms with van der Waals surface area (Å²) in [6, 6.07) is 7.25. The summed E-state index contributed by atoms with van der Waals surface area (Å²) in [5, 5.41) is 30.8. The van der Waals surface area contributed by atoms with Gasteiger partial charge in [-0.15, -0.1) is 0 Å². The van der Waals surface area contributed by atoms with Gasteiger partial charge in [0.25, 0.3) is 0 Å². The van der Waals surface area contributed by atoms with Gasteiger partial charge in [0.15, 0.2) is 29.6 Å². The van der Waals surface area contributed by atoms with Crippen molar-refractivity contribution in [1.29, 1.82) is 0 Å². The molecular weight excluding hydrogens is 650 g/mol. The molecule has 1 saturated heterocycles. The smallest absolute Gasteiger partial charge is 0.317 e. The summed E-state index contributed by atoms with van der Waals surface area (Å²) in [5.41, 5.74) is 10.6. The third-order valence-electron chi connectivity index (χ3n) is 8.59. The highest BCUT2D eigenvalue weighted by Gasteiger charge is 2.49. The van der Waals surface area contributed by atoms with Gasteiger partial charge >= 0.3 is 11.9 Å². The minimum absolute atomic E-state index is 0.128. The number of hydroxylamine groups is 1. The number of esters is 1. The van der Waals surface area contributed by atoms with Crippen molar-refractivity contribution >= 4 is 17.9 Å². The van der Waals surface area contributed by atoms with E-state index in [9.17, 15) is 19.8 Å². The number of unbranched alkanes of at least 4 members (excludes halogenated alkanes) is 2. The standard InChI is InChI=1S/C32H39N3O14/c1-3-4-5-6-15-7-16(8-18-27(15)42-12-19-17-9-21-22(44-14-43-21)10-20(17)45-28(18)19)48-49-30-29(47-35-32(33)34-2)26(39)23(46-31(30)40)13-41-25(38)11-24(36)37/h7-10,19,23,26,28-31,39-40H,3-6,11-14H2,1-2H3,(H,36,37)(H3,33,34,35)/t19-,23+,26+,28+,29-,30-,31+/m0/s1. The fraction of sp³-hybridized carbons (Fsp3) is 0.531. The van der Waals surface area contributed by atoms with Crippen LogP contribution >= 0.6 is 0 Å². The van der Waals surface area contributed by atoms with E-state index in [1.807, 2.05) is 12.1 Å². The Morgan fingerprint density at radius 3 is 2.59 bits per heavy atom. The molecule has 49 heavy (non-hydrogen) atoms. The van der Waals surface area contributed by atoms with Crippen molar-refractivity contribution in [1.82, 2.24) is 5.48 Å². The maximum atomic E-state index is 11.8. The Bertz CT molecular complexity index is 1570. The zero-order valence-electron chi connectivity index (χ0n) is 26.9. The third-order valence-corrected chi connectivity index (χ3v) is 8.59. The molecule has 0 amide bonds. The number of ether oxygens (including phenoxy) is 6. The Morgan fingerprint density at radius 2 is 1.84 bits per heavy atom. The van der Waals surface area contributed by atoms with Crippen LogP contribution in [-0.4, -0.2) is 91.0 Å². The van der Waals surface area contributed by atoms with E-state index in [-0.39, 0.29) is 24.4 Å². The van der Waals surface area contributed by atoms with Crippen LogP contribution in [0.1, 0.15) is 61.3 Å². The van der Waals surface area contributed by atoms with Gasteiger partial charge in [-0.1, -0.05) is 19.8 Å². The van der Waals surface area contributed by atoms with E-state index < -0.39 is 61.8 Å². The summed E-state index contributed by atoms with van der Waals surface area (Å²) in [5.74, 6) is 0.154. The van der Waals surface area contributed by atoms with Crippen molar-refractivity contribution in [3.63, 3.8) is 0 Å². The van der Waals surface area contributed by atoms with Gasteiger partial charge in [-0.05, 0) is 36.6 Å². The van der Waals surface area contributed by atoms with Crippen molar-refractivity contribution in [2.75, 3.05) is 27.1 Å². The maximum absolute atomic E-state index is 11.8. The Labute approximate surface area is 280 Å². The molecule has 0 aliphatic carbocycles. The van der Waals surface area contributed by atoms with Crippen molar-refractivity contribution in [3.05, 3.63) is 41.0 Å². The number of aliphatic hydroxyl groups is 2. The van der Waals surface area contributed by atoms with Crippen LogP contribution in [-0.2, 0) is 35.2 Å². The number of aliphatic imine (C=N–C) groups is 1. The molecule has 4 aliphatic heterocycles. The van der Waals surface area contributed by atoms with Gasteiger partial charge in [-0.3, -0.25) is 19.4 Å². The fourth-order valence-electron chi connectivity index (χ4n) is 6.13. The van der Waals surface area contributed by atoms with Gasteiger partial charge in [0, 0.05) is 24.2 Å². The maximum Gasteiger partial charge on any atom is 0.317 e. The first-order valence-corrected chi connectivity index (χ1v) is 15.9. The van der Waals surface area contributed by atoms with Crippen LogP contribution in [0, 0.1) is 0 Å². The van der Waals surface area contributed by atoms with Crippen LogP contribution in [0.5, 0.6) is 28.7 Å². The average molecular weight is 690 g/mol. The van der Waals surface area contributed by atoms with Crippen LogP contribution in [0.25, 0.3) is 0 Å². The lowest BCUT2D eigenvalue weighted by Crippen LogP contribution is -2.62. The number of carboxylic acids is 1. The number of aliphatic carboxylic acids is 1. The number of nitrogens with zero attached hydrogens (tertiary/aromatic N) is 1. The second kappa shape index (κ2) is 14.9. The largest absolute Gasteiger partial charge is 0.492 e. The summed E-state index contributed by atoms with van der Waals surface area (Å²) in [4.78, 5) is 43.3. The molecule has 7 atom stereocenters. The number of benzene rings is 2. The predicted octanol–water partition coefficient (Wildman–Crippen LogP) is 1.37. The number of fused-ring (bicyclic) bond motifs is 6. The second-order valence-corrected chi connectivity index (χ2v) is 11.9. The number of hydrogen-bond donors (Lipinski definition) is 5. The zero-order valence-corrected chi connectivity index (χ0v) is 26.9. The lowest BCUT2D eigenvalue weighted by atomic mass is 9.87. The molecule has 266 valence electrons. The summed E-state index contributed by atoms with van der Waals surface area (Å²) in [6.07, 6.45) is -5.28. The van der Waals surface area contributed by atoms with E-state index in [0.717, 1.165) is 36.0 Å². The number of aliphatic hydroxyl groups excluding tert-OH is 2. The van der Waals surface area contributed by atoms with Crippen molar-refractivity contribution in [2.45, 2.75) is 81.8 Å². The number of aryl methyl sites for hydroxylation is 1. The zero-order chi connectivity index (χ0) is 34.7. The average Bonchev–Trinajstić information content (AvgIpc) is 3.69. The first-order valence-electron chi connectivity index (χ1n) is 15.9. The van der Waals surface area contributed by atoms with E-state index in [4.69, 9.17) is 53.9 Å². The topological polar surface area (TPSA) is 228 Å². The molecule has 6 rings (SSSR count). The van der Waals surface area contributed by atoms with Gasteiger partial charge < -0.3 is 54.4 Å². The van der Waals surface area contributed by atoms with Crippen LogP contribution in [0.15, 0.2) is 29.3 Å². The van der Waals surface area contributed by atoms with Crippen molar-refractivity contribution in [3.8, 4) is 28.7 Å². The Hall–Kier alpha value is -4.55. The van der Waals surface area contributed by atoms with Gasteiger partial charge in [-0.25, -0.2) is 5.48 Å². The quantitative estimate of drug-likeness (QED) is 0.0380. The lowest BCUT2D eigenvalue weighted by molar-refractivity contribution is -0.372. The Morgan fingerprint density at radius 1 is 1.04 bits per heavy atom. The first-order chi connectivity index (χ1) is 23.7. The molecule has 17 heteroatoms. The van der Waals surface area contributed by atoms with Gasteiger partial charge in [0.05, 0.1) is 12.5 Å². The third kappa shape index (κ3) is 7.40. The van der Waals surface area contributed by atoms with E-state index in [2.05, 4.69) is 17.4 Å². The highest BCUT2D eigenvalue weighted by Crippen LogP contribution is 2.55. The molecule has 0 aromatic heterocycles. The second-order valence-electron chi connectivity index (χ2n) is 11.9. The monoisotopic (exact) mass is 689 g/mol. The molecule has 0 unspecified atom stereocenters.